The van der Waals surface area contributed by atoms with Crippen LogP contribution in [0.15, 0.2) is 42.0 Å². The lowest BCUT2D eigenvalue weighted by Crippen LogP contribution is -2.14. The van der Waals surface area contributed by atoms with Gasteiger partial charge in [0.15, 0.2) is 0 Å². The van der Waals surface area contributed by atoms with Crippen molar-refractivity contribution in [1.29, 1.82) is 0 Å². The van der Waals surface area contributed by atoms with Crippen molar-refractivity contribution in [1.82, 2.24) is 0 Å². The molecule has 198 valence electrons. The van der Waals surface area contributed by atoms with Crippen LogP contribution in [0.4, 0.5) is 0 Å². The molecule has 1 aromatic rings. The van der Waals surface area contributed by atoms with E-state index in [0.29, 0.717) is 5.92 Å². The zero-order valence-electron chi connectivity index (χ0n) is 24.4. The van der Waals surface area contributed by atoms with E-state index in [4.69, 9.17) is 0 Å². The Morgan fingerprint density at radius 2 is 1.60 bits per heavy atom. The van der Waals surface area contributed by atoms with Gasteiger partial charge >= 0.3 is 0 Å². The molecule has 3 atom stereocenters. The summed E-state index contributed by atoms with van der Waals surface area (Å²) in [6.45, 7) is 14.2. The molecule has 0 aromatic heterocycles. The summed E-state index contributed by atoms with van der Waals surface area (Å²) in [6, 6.07) is 7.33. The number of hydrogen-bond donors (Lipinski definition) is 0. The molecule has 0 bridgehead atoms. The zero-order chi connectivity index (χ0) is 25.5. The van der Waals surface area contributed by atoms with E-state index in [0.717, 1.165) is 30.6 Å². The lowest BCUT2D eigenvalue weighted by molar-refractivity contribution is 0.253. The van der Waals surface area contributed by atoms with Gasteiger partial charge in [-0.15, -0.1) is 0 Å². The number of hydrogen-bond acceptors (Lipinski definition) is 0. The standard InChI is InChI=1S/C35H58/c1-7-10-16-31(8-2)23-22-30(6)35-26-25-34(32(9-3)27-35)24-20-28(4)19-21-29(5)33-17-14-12-11-13-15-18-33/h16,22-23,25-30,33H,7-15,17-21,24H2,1-6H3. The minimum absolute atomic E-state index is 0.472. The van der Waals surface area contributed by atoms with Gasteiger partial charge in [0.1, 0.15) is 0 Å². The molecular formula is C35H58. The first-order valence-corrected chi connectivity index (χ1v) is 15.5. The van der Waals surface area contributed by atoms with E-state index >= 15 is 0 Å². The molecule has 1 saturated carbocycles. The van der Waals surface area contributed by atoms with Gasteiger partial charge in [0.2, 0.25) is 0 Å². The highest BCUT2D eigenvalue weighted by atomic mass is 14.2. The fourth-order valence-corrected chi connectivity index (χ4v) is 5.93. The van der Waals surface area contributed by atoms with Crippen LogP contribution < -0.4 is 0 Å². The largest absolute Gasteiger partial charge is 0.0813 e. The first-order valence-electron chi connectivity index (χ1n) is 15.5. The minimum atomic E-state index is 0.472. The van der Waals surface area contributed by atoms with Gasteiger partial charge in [-0.3, -0.25) is 0 Å². The van der Waals surface area contributed by atoms with E-state index < -0.39 is 0 Å². The molecule has 0 heteroatoms. The highest BCUT2D eigenvalue weighted by Crippen LogP contribution is 2.32. The van der Waals surface area contributed by atoms with Crippen LogP contribution in [-0.4, -0.2) is 0 Å². The first-order chi connectivity index (χ1) is 17.0. The number of aryl methyl sites for hydroxylation is 2. The Labute approximate surface area is 220 Å². The molecule has 1 aromatic carbocycles. The van der Waals surface area contributed by atoms with Crippen LogP contribution in [0.1, 0.15) is 148 Å². The van der Waals surface area contributed by atoms with Crippen molar-refractivity contribution in [3.8, 4) is 0 Å². The van der Waals surface area contributed by atoms with E-state index in [1.807, 2.05) is 0 Å². The van der Waals surface area contributed by atoms with E-state index in [-0.39, 0.29) is 0 Å². The molecule has 0 heterocycles. The van der Waals surface area contributed by atoms with Crippen LogP contribution in [0.3, 0.4) is 0 Å². The Bertz CT molecular complexity index is 743. The van der Waals surface area contributed by atoms with Crippen LogP contribution in [0.2, 0.25) is 0 Å². The highest BCUT2D eigenvalue weighted by Gasteiger charge is 2.19. The van der Waals surface area contributed by atoms with Crippen LogP contribution in [0.25, 0.3) is 0 Å². The molecule has 0 N–H and O–H groups in total. The maximum atomic E-state index is 2.55. The van der Waals surface area contributed by atoms with Crippen molar-refractivity contribution >= 4 is 0 Å². The average molecular weight is 479 g/mol. The Morgan fingerprint density at radius 3 is 2.26 bits per heavy atom. The predicted molar refractivity (Wildman–Crippen MR) is 158 cm³/mol. The van der Waals surface area contributed by atoms with Crippen molar-refractivity contribution in [2.75, 3.05) is 0 Å². The molecule has 1 fully saturated rings. The lowest BCUT2D eigenvalue weighted by Gasteiger charge is -2.27. The summed E-state index contributed by atoms with van der Waals surface area (Å²) in [5.41, 5.74) is 6.09. The van der Waals surface area contributed by atoms with E-state index in [1.54, 1.807) is 11.1 Å². The fraction of sp³-hybridized carbons (Fsp3) is 0.714. The van der Waals surface area contributed by atoms with Crippen LogP contribution in [0.5, 0.6) is 0 Å². The molecule has 0 aliphatic heterocycles. The summed E-state index contributed by atoms with van der Waals surface area (Å²) >= 11 is 0. The molecule has 0 nitrogen and oxygen atoms in total. The van der Waals surface area contributed by atoms with Gasteiger partial charge in [-0.1, -0.05) is 148 Å². The average Bonchev–Trinajstić information content (AvgIpc) is 2.85. The molecule has 35 heavy (non-hydrogen) atoms. The van der Waals surface area contributed by atoms with Crippen molar-refractivity contribution < 1.29 is 0 Å². The zero-order valence-corrected chi connectivity index (χ0v) is 24.4. The van der Waals surface area contributed by atoms with Crippen molar-refractivity contribution in [2.45, 2.75) is 144 Å². The number of allylic oxidation sites excluding steroid dienone is 4. The molecule has 3 unspecified atom stereocenters. The first kappa shape index (κ1) is 29.9. The normalized spacial score (nSPS) is 18.9. The maximum absolute atomic E-state index is 2.55. The van der Waals surface area contributed by atoms with Crippen LogP contribution in [-0.2, 0) is 12.8 Å². The van der Waals surface area contributed by atoms with Crippen molar-refractivity contribution in [3.63, 3.8) is 0 Å². The minimum Gasteiger partial charge on any atom is -0.0813 e. The molecule has 0 amide bonds. The SMILES string of the molecule is CCCC=C(C=CC(C)c1ccc(CCC(C)CCC(C)C2CCCCCCC2)c(CC)c1)CC. The smallest absolute Gasteiger partial charge is 0.000712 e. The monoisotopic (exact) mass is 478 g/mol. The maximum Gasteiger partial charge on any atom is -0.000712 e. The molecule has 1 aliphatic carbocycles. The van der Waals surface area contributed by atoms with Crippen molar-refractivity contribution in [2.24, 2.45) is 17.8 Å². The fourth-order valence-electron chi connectivity index (χ4n) is 5.93. The molecule has 2 rings (SSSR count). The third kappa shape index (κ3) is 11.1. The summed E-state index contributed by atoms with van der Waals surface area (Å²) in [4.78, 5) is 0. The van der Waals surface area contributed by atoms with E-state index in [1.165, 1.54) is 94.6 Å². The van der Waals surface area contributed by atoms with Crippen LogP contribution >= 0.6 is 0 Å². The summed E-state index contributed by atoms with van der Waals surface area (Å²) < 4.78 is 0. The Kier molecular flexibility index (Phi) is 14.7. The number of rotatable bonds is 14. The molecular weight excluding hydrogens is 420 g/mol. The second-order valence-electron chi connectivity index (χ2n) is 11.8. The second kappa shape index (κ2) is 17.2. The quantitative estimate of drug-likeness (QED) is 0.233. The van der Waals surface area contributed by atoms with Gasteiger partial charge in [0.25, 0.3) is 0 Å². The molecule has 0 radical (unpaired) electrons. The summed E-state index contributed by atoms with van der Waals surface area (Å²) in [5, 5.41) is 0. The van der Waals surface area contributed by atoms with Gasteiger partial charge in [-0.05, 0) is 72.5 Å². The van der Waals surface area contributed by atoms with Gasteiger partial charge in [0.05, 0.1) is 0 Å². The summed E-state index contributed by atoms with van der Waals surface area (Å²) in [6.07, 6.45) is 27.6. The summed E-state index contributed by atoms with van der Waals surface area (Å²) in [5.74, 6) is 3.22. The topological polar surface area (TPSA) is 0 Å². The number of unbranched alkanes of at least 4 members (excludes halogenated alkanes) is 1. The van der Waals surface area contributed by atoms with Gasteiger partial charge in [0, 0.05) is 0 Å². The molecule has 0 saturated heterocycles. The molecule has 1 aliphatic rings. The van der Waals surface area contributed by atoms with E-state index in [2.05, 4.69) is 78.0 Å². The molecule has 0 spiro atoms. The highest BCUT2D eigenvalue weighted by molar-refractivity contribution is 5.36. The third-order valence-electron chi connectivity index (χ3n) is 8.82. The van der Waals surface area contributed by atoms with Gasteiger partial charge in [-0.25, -0.2) is 0 Å². The van der Waals surface area contributed by atoms with E-state index in [9.17, 15) is 0 Å². The van der Waals surface area contributed by atoms with Crippen molar-refractivity contribution in [3.05, 3.63) is 58.7 Å². The third-order valence-corrected chi connectivity index (χ3v) is 8.82. The van der Waals surface area contributed by atoms with Gasteiger partial charge in [-0.2, -0.15) is 0 Å². The summed E-state index contributed by atoms with van der Waals surface area (Å²) in [7, 11) is 0. The Hall–Kier alpha value is -1.30. The van der Waals surface area contributed by atoms with Gasteiger partial charge < -0.3 is 0 Å². The number of benzene rings is 1. The lowest BCUT2D eigenvalue weighted by atomic mass is 9.79. The second-order valence-corrected chi connectivity index (χ2v) is 11.8. The Morgan fingerprint density at radius 1 is 0.886 bits per heavy atom. The predicted octanol–water partition coefficient (Wildman–Crippen LogP) is 11.4. The van der Waals surface area contributed by atoms with Crippen LogP contribution in [0, 0.1) is 17.8 Å². The Balaban J connectivity index is 1.86.